The minimum Gasteiger partial charge on any atom is -0.444 e. The first-order valence-corrected chi connectivity index (χ1v) is 13.3. The van der Waals surface area contributed by atoms with Gasteiger partial charge in [0, 0.05) is 18.1 Å². The highest BCUT2D eigenvalue weighted by atomic mass is 16.8. The number of piperidine rings is 1. The number of rotatable bonds is 1. The van der Waals surface area contributed by atoms with Crippen LogP contribution in [0.5, 0.6) is 0 Å². The van der Waals surface area contributed by atoms with Crippen molar-refractivity contribution in [2.45, 2.75) is 105 Å². The Labute approximate surface area is 232 Å². The summed E-state index contributed by atoms with van der Waals surface area (Å²) in [6.07, 6.45) is 1.54. The molecule has 39 heavy (non-hydrogen) atoms. The highest BCUT2D eigenvalue weighted by Crippen LogP contribution is 2.35. The van der Waals surface area contributed by atoms with Crippen LogP contribution in [0.25, 0.3) is 10.9 Å². The summed E-state index contributed by atoms with van der Waals surface area (Å²) in [5.74, 6) is 0.493. The van der Waals surface area contributed by atoms with Crippen molar-refractivity contribution in [2.75, 3.05) is 6.54 Å². The zero-order valence-electron chi connectivity index (χ0n) is 25.0. The van der Waals surface area contributed by atoms with E-state index < -0.39 is 29.1 Å². The van der Waals surface area contributed by atoms with Crippen LogP contribution in [-0.4, -0.2) is 51.6 Å². The van der Waals surface area contributed by atoms with Crippen molar-refractivity contribution in [3.05, 3.63) is 42.1 Å². The summed E-state index contributed by atoms with van der Waals surface area (Å²) in [4.78, 5) is 41.1. The summed E-state index contributed by atoms with van der Waals surface area (Å²) in [5, 5.41) is 1.12. The van der Waals surface area contributed by atoms with Crippen LogP contribution in [-0.2, 0) is 18.9 Å². The molecule has 0 unspecified atom stereocenters. The lowest BCUT2D eigenvalue weighted by Crippen LogP contribution is -2.44. The second-order valence-electron chi connectivity index (χ2n) is 12.8. The van der Waals surface area contributed by atoms with E-state index in [1.54, 1.807) is 47.7 Å². The van der Waals surface area contributed by atoms with E-state index in [0.717, 1.165) is 35.9 Å². The fourth-order valence-corrected chi connectivity index (χ4v) is 3.92. The van der Waals surface area contributed by atoms with E-state index in [2.05, 4.69) is 40.9 Å². The molecule has 0 radical (unpaired) electrons. The summed E-state index contributed by atoms with van der Waals surface area (Å²) in [6.45, 7) is 18.7. The quantitative estimate of drug-likeness (QED) is 0.203. The number of hydrogen-bond donors (Lipinski definition) is 0. The Morgan fingerprint density at radius 3 is 1.92 bits per heavy atom. The Morgan fingerprint density at radius 2 is 1.38 bits per heavy atom. The largest absolute Gasteiger partial charge is 0.519 e. The van der Waals surface area contributed by atoms with E-state index in [-0.39, 0.29) is 12.1 Å². The van der Waals surface area contributed by atoms with Gasteiger partial charge in [-0.05, 0) is 98.8 Å². The molecule has 1 aliphatic heterocycles. The summed E-state index contributed by atoms with van der Waals surface area (Å²) >= 11 is 0. The molecule has 0 saturated carbocycles. The van der Waals surface area contributed by atoms with Crippen LogP contribution < -0.4 is 0 Å². The van der Waals surface area contributed by atoms with E-state index in [4.69, 9.17) is 14.2 Å². The maximum Gasteiger partial charge on any atom is 0.519 e. The molecule has 0 aliphatic carbocycles. The standard InChI is InChI=1S/C20H26N2O2.C10H18O5/c1-14-7-10-18(22(13-14)19(23)24-20(2,3)4)16-9-8-15-6-5-11-21-17(15)12-16;1-9(2,3)14-7(11)13-8(12)15-10(4,5)6/h5-6,8-9,11-12,14,18H,7,10,13H2,1-4H3;1-6H3/t14-,18+;/m0./s1. The van der Waals surface area contributed by atoms with E-state index in [9.17, 15) is 14.4 Å². The molecule has 9 heteroatoms. The Morgan fingerprint density at radius 1 is 0.821 bits per heavy atom. The number of likely N-dealkylation sites (tertiary alicyclic amines) is 1. The van der Waals surface area contributed by atoms with Gasteiger partial charge < -0.3 is 23.8 Å². The van der Waals surface area contributed by atoms with Crippen LogP contribution in [0.4, 0.5) is 14.4 Å². The monoisotopic (exact) mass is 544 g/mol. The molecule has 0 spiro atoms. The SMILES string of the molecule is CC(C)(C)OC(=O)OC(=O)OC(C)(C)C.C[C@H]1CC[C@H](c2ccc3cccnc3c2)N(C(=O)OC(C)(C)C)C1. The van der Waals surface area contributed by atoms with Gasteiger partial charge in [-0.25, -0.2) is 14.4 Å². The number of nitrogens with zero attached hydrogens (tertiary/aromatic N) is 2. The Bertz CT molecular complexity index is 1120. The zero-order chi connectivity index (χ0) is 29.6. The number of benzene rings is 1. The molecule has 2 atom stereocenters. The van der Waals surface area contributed by atoms with Crippen molar-refractivity contribution in [1.82, 2.24) is 9.88 Å². The number of amides is 1. The fraction of sp³-hybridized carbons (Fsp3) is 0.600. The summed E-state index contributed by atoms with van der Waals surface area (Å²) in [7, 11) is 0. The van der Waals surface area contributed by atoms with Gasteiger partial charge in [0.15, 0.2) is 0 Å². The van der Waals surface area contributed by atoms with Crippen molar-refractivity contribution >= 4 is 29.3 Å². The molecule has 2 heterocycles. The molecule has 2 aromatic rings. The molecule has 216 valence electrons. The predicted octanol–water partition coefficient (Wildman–Crippen LogP) is 7.82. The maximum absolute atomic E-state index is 12.7. The van der Waals surface area contributed by atoms with Gasteiger partial charge in [-0.2, -0.15) is 0 Å². The Kier molecular flexibility index (Phi) is 10.3. The normalized spacial score (nSPS) is 17.9. The lowest BCUT2D eigenvalue weighted by molar-refractivity contribution is -0.0294. The predicted molar refractivity (Wildman–Crippen MR) is 149 cm³/mol. The molecule has 1 fully saturated rings. The number of fused-ring (bicyclic) bond motifs is 1. The van der Waals surface area contributed by atoms with Gasteiger partial charge in [0.25, 0.3) is 0 Å². The zero-order valence-corrected chi connectivity index (χ0v) is 25.0. The van der Waals surface area contributed by atoms with Crippen LogP contribution in [0, 0.1) is 5.92 Å². The topological polar surface area (TPSA) is 104 Å². The molecule has 0 bridgehead atoms. The number of pyridine rings is 1. The van der Waals surface area contributed by atoms with Gasteiger partial charge in [-0.3, -0.25) is 4.98 Å². The van der Waals surface area contributed by atoms with Crippen molar-refractivity contribution in [3.63, 3.8) is 0 Å². The average molecular weight is 545 g/mol. The maximum atomic E-state index is 12.7. The molecule has 1 aliphatic rings. The molecule has 1 amide bonds. The lowest BCUT2D eigenvalue weighted by Gasteiger charge is -2.39. The van der Waals surface area contributed by atoms with Crippen LogP contribution in [0.15, 0.2) is 36.5 Å². The van der Waals surface area contributed by atoms with Gasteiger partial charge in [0.1, 0.15) is 16.8 Å². The highest BCUT2D eigenvalue weighted by Gasteiger charge is 2.34. The van der Waals surface area contributed by atoms with Crippen molar-refractivity contribution < 1.29 is 33.3 Å². The fourth-order valence-electron chi connectivity index (χ4n) is 3.92. The Hall–Kier alpha value is -3.36. The summed E-state index contributed by atoms with van der Waals surface area (Å²) in [6, 6.07) is 10.4. The van der Waals surface area contributed by atoms with E-state index in [1.165, 1.54) is 0 Å². The number of aromatic nitrogens is 1. The third-order valence-corrected chi connectivity index (χ3v) is 5.41. The summed E-state index contributed by atoms with van der Waals surface area (Å²) in [5.41, 5.74) is 0.238. The molecular formula is C30H44N2O7. The van der Waals surface area contributed by atoms with Gasteiger partial charge in [-0.15, -0.1) is 0 Å². The lowest BCUT2D eigenvalue weighted by atomic mass is 9.90. The second-order valence-corrected chi connectivity index (χ2v) is 12.8. The first kappa shape index (κ1) is 31.9. The van der Waals surface area contributed by atoms with Crippen LogP contribution >= 0.6 is 0 Å². The molecular weight excluding hydrogens is 500 g/mol. The van der Waals surface area contributed by atoms with Crippen LogP contribution in [0.1, 0.15) is 93.7 Å². The van der Waals surface area contributed by atoms with Crippen molar-refractivity contribution in [1.29, 1.82) is 0 Å². The third-order valence-electron chi connectivity index (χ3n) is 5.41. The molecule has 3 rings (SSSR count). The second kappa shape index (κ2) is 12.7. The number of carbonyl (C=O) groups excluding carboxylic acids is 3. The van der Waals surface area contributed by atoms with Crippen LogP contribution in [0.3, 0.4) is 0 Å². The molecule has 0 N–H and O–H groups in total. The van der Waals surface area contributed by atoms with E-state index >= 15 is 0 Å². The molecule has 9 nitrogen and oxygen atoms in total. The number of ether oxygens (including phenoxy) is 4. The molecule has 1 saturated heterocycles. The minimum absolute atomic E-state index is 0.0578. The number of carbonyl (C=O) groups is 3. The summed E-state index contributed by atoms with van der Waals surface area (Å²) < 4.78 is 19.4. The molecule has 1 aromatic heterocycles. The Balaban J connectivity index is 0.000000309. The first-order chi connectivity index (χ1) is 17.8. The van der Waals surface area contributed by atoms with Gasteiger partial charge >= 0.3 is 18.4 Å². The smallest absolute Gasteiger partial charge is 0.444 e. The van der Waals surface area contributed by atoms with E-state index in [1.807, 2.05) is 31.7 Å². The number of hydrogen-bond acceptors (Lipinski definition) is 8. The average Bonchev–Trinajstić information content (AvgIpc) is 2.75. The van der Waals surface area contributed by atoms with Crippen molar-refractivity contribution in [3.8, 4) is 0 Å². The van der Waals surface area contributed by atoms with Gasteiger partial charge in [-0.1, -0.05) is 25.1 Å². The van der Waals surface area contributed by atoms with Crippen molar-refractivity contribution in [2.24, 2.45) is 5.92 Å². The van der Waals surface area contributed by atoms with Gasteiger partial charge in [0.2, 0.25) is 0 Å². The third kappa shape index (κ3) is 11.5. The van der Waals surface area contributed by atoms with E-state index in [0.29, 0.717) is 5.92 Å². The highest BCUT2D eigenvalue weighted by molar-refractivity contribution is 5.79. The van der Waals surface area contributed by atoms with Gasteiger partial charge in [0.05, 0.1) is 11.6 Å². The molecule has 1 aromatic carbocycles. The first-order valence-electron chi connectivity index (χ1n) is 13.3. The van der Waals surface area contributed by atoms with Crippen LogP contribution in [0.2, 0.25) is 0 Å². The minimum atomic E-state index is -1.06.